The normalized spacial score (nSPS) is 19.5. The fourth-order valence-corrected chi connectivity index (χ4v) is 5.87. The number of anilines is 1. The molecule has 7 nitrogen and oxygen atoms in total. The standard InChI is InChI=1S/C30H40N4O3/c1-21-6-9-28(37-21)27-19-25(31-22-10-15-34(16-11-22)23-7-8-23)24-18-29(35-2)30(20-26(24)32-27)36-17-5-14-33-12-3-4-13-33/h6,9,18-20,22-23H,3-5,7-8,10-17H2,1-2H3,(H,31,32). The Labute approximate surface area is 220 Å². The van der Waals surface area contributed by atoms with E-state index in [1.165, 1.54) is 51.9 Å². The van der Waals surface area contributed by atoms with E-state index in [2.05, 4.69) is 27.2 Å². The van der Waals surface area contributed by atoms with Crippen LogP contribution in [-0.4, -0.2) is 73.3 Å². The Kier molecular flexibility index (Phi) is 7.25. The van der Waals surface area contributed by atoms with Crippen LogP contribution in [0.1, 0.15) is 50.7 Å². The number of fused-ring (bicyclic) bond motifs is 1. The maximum absolute atomic E-state index is 6.23. The van der Waals surface area contributed by atoms with Crippen molar-refractivity contribution in [1.29, 1.82) is 0 Å². The van der Waals surface area contributed by atoms with Crippen molar-refractivity contribution in [2.24, 2.45) is 0 Å². The molecule has 7 heteroatoms. The summed E-state index contributed by atoms with van der Waals surface area (Å²) in [4.78, 5) is 10.2. The van der Waals surface area contributed by atoms with Crippen LogP contribution < -0.4 is 14.8 Å². The van der Waals surface area contributed by atoms with Gasteiger partial charge < -0.3 is 29.0 Å². The Bertz CT molecular complexity index is 1210. The molecular weight excluding hydrogens is 464 g/mol. The first-order chi connectivity index (χ1) is 18.2. The Morgan fingerprint density at radius 1 is 1.00 bits per heavy atom. The molecule has 0 unspecified atom stereocenters. The summed E-state index contributed by atoms with van der Waals surface area (Å²) >= 11 is 0. The number of ether oxygens (including phenoxy) is 2. The number of furan rings is 1. The SMILES string of the molecule is COc1cc2c(NC3CCN(C4CC4)CC3)cc(-c3ccc(C)o3)nc2cc1OCCCN1CCCC1. The number of pyridine rings is 1. The third kappa shape index (κ3) is 5.73. The summed E-state index contributed by atoms with van der Waals surface area (Å²) in [6.07, 6.45) is 8.71. The summed E-state index contributed by atoms with van der Waals surface area (Å²) in [5, 5.41) is 4.92. The van der Waals surface area contributed by atoms with Crippen molar-refractivity contribution in [3.8, 4) is 23.0 Å². The fraction of sp³-hybridized carbons (Fsp3) is 0.567. The number of methoxy groups -OCH3 is 1. The zero-order chi connectivity index (χ0) is 25.2. The lowest BCUT2D eigenvalue weighted by molar-refractivity contribution is 0.210. The summed E-state index contributed by atoms with van der Waals surface area (Å²) in [6, 6.07) is 11.5. The lowest BCUT2D eigenvalue weighted by atomic mass is 10.0. The molecule has 2 aliphatic heterocycles. The van der Waals surface area contributed by atoms with E-state index in [1.807, 2.05) is 25.1 Å². The van der Waals surface area contributed by atoms with Crippen molar-refractivity contribution in [2.45, 2.75) is 64.0 Å². The van der Waals surface area contributed by atoms with E-state index in [1.54, 1.807) is 7.11 Å². The highest BCUT2D eigenvalue weighted by Crippen LogP contribution is 2.38. The van der Waals surface area contributed by atoms with Gasteiger partial charge in [0.2, 0.25) is 0 Å². The summed E-state index contributed by atoms with van der Waals surface area (Å²) < 4.78 is 18.0. The van der Waals surface area contributed by atoms with Crippen molar-refractivity contribution in [3.63, 3.8) is 0 Å². The van der Waals surface area contributed by atoms with E-state index in [-0.39, 0.29) is 0 Å². The zero-order valence-corrected chi connectivity index (χ0v) is 22.3. The second kappa shape index (κ2) is 10.9. The van der Waals surface area contributed by atoms with Gasteiger partial charge in [-0.1, -0.05) is 0 Å². The number of piperidine rings is 1. The van der Waals surface area contributed by atoms with Crippen LogP contribution >= 0.6 is 0 Å². The summed E-state index contributed by atoms with van der Waals surface area (Å²) in [5.74, 6) is 3.18. The molecule has 2 saturated heterocycles. The Morgan fingerprint density at radius 3 is 2.51 bits per heavy atom. The first-order valence-electron chi connectivity index (χ1n) is 14.1. The maximum atomic E-state index is 6.23. The molecule has 1 aromatic carbocycles. The number of rotatable bonds is 10. The Morgan fingerprint density at radius 2 is 1.81 bits per heavy atom. The van der Waals surface area contributed by atoms with Crippen molar-refractivity contribution < 1.29 is 13.9 Å². The quantitative estimate of drug-likeness (QED) is 0.355. The molecule has 1 saturated carbocycles. The van der Waals surface area contributed by atoms with Gasteiger partial charge in [-0.15, -0.1) is 0 Å². The van der Waals surface area contributed by atoms with Crippen LogP contribution in [0.15, 0.2) is 34.7 Å². The number of aryl methyl sites for hydroxylation is 1. The highest BCUT2D eigenvalue weighted by Gasteiger charge is 2.32. The highest BCUT2D eigenvalue weighted by molar-refractivity contribution is 5.95. The van der Waals surface area contributed by atoms with E-state index in [4.69, 9.17) is 18.9 Å². The number of benzene rings is 1. The topological polar surface area (TPSA) is 63.0 Å². The van der Waals surface area contributed by atoms with Gasteiger partial charge in [0.1, 0.15) is 11.5 Å². The fourth-order valence-electron chi connectivity index (χ4n) is 5.87. The average molecular weight is 505 g/mol. The number of nitrogens with zero attached hydrogens (tertiary/aromatic N) is 3. The van der Waals surface area contributed by atoms with Crippen LogP contribution in [0, 0.1) is 6.92 Å². The molecule has 198 valence electrons. The van der Waals surface area contributed by atoms with Crippen molar-refractivity contribution in [1.82, 2.24) is 14.8 Å². The molecule has 4 heterocycles. The van der Waals surface area contributed by atoms with Crippen LogP contribution in [-0.2, 0) is 0 Å². The van der Waals surface area contributed by atoms with Crippen LogP contribution in [0.3, 0.4) is 0 Å². The van der Waals surface area contributed by atoms with Crippen molar-refractivity contribution in [2.75, 3.05) is 51.8 Å². The predicted octanol–water partition coefficient (Wildman–Crippen LogP) is 5.72. The minimum Gasteiger partial charge on any atom is -0.493 e. The molecule has 3 aliphatic rings. The predicted molar refractivity (Wildman–Crippen MR) is 148 cm³/mol. The average Bonchev–Trinajstić information content (AvgIpc) is 3.45. The van der Waals surface area contributed by atoms with Crippen LogP contribution in [0.2, 0.25) is 0 Å². The molecule has 1 N–H and O–H groups in total. The molecule has 2 aromatic heterocycles. The lowest BCUT2D eigenvalue weighted by Crippen LogP contribution is -2.40. The van der Waals surface area contributed by atoms with E-state index in [0.29, 0.717) is 12.6 Å². The third-order valence-electron chi connectivity index (χ3n) is 8.11. The van der Waals surface area contributed by atoms with Gasteiger partial charge in [-0.2, -0.15) is 0 Å². The van der Waals surface area contributed by atoms with Crippen molar-refractivity contribution in [3.05, 3.63) is 36.1 Å². The van der Waals surface area contributed by atoms with Gasteiger partial charge >= 0.3 is 0 Å². The number of nitrogens with one attached hydrogen (secondary N) is 1. The molecule has 0 atom stereocenters. The number of aromatic nitrogens is 1. The second-order valence-electron chi connectivity index (χ2n) is 10.9. The minimum absolute atomic E-state index is 0.444. The monoisotopic (exact) mass is 504 g/mol. The molecule has 0 amide bonds. The molecule has 3 fully saturated rings. The smallest absolute Gasteiger partial charge is 0.163 e. The lowest BCUT2D eigenvalue weighted by Gasteiger charge is -2.33. The Balaban J connectivity index is 1.25. The van der Waals surface area contributed by atoms with Gasteiger partial charge in [0, 0.05) is 48.9 Å². The molecular formula is C30H40N4O3. The molecule has 1 aliphatic carbocycles. The van der Waals surface area contributed by atoms with Gasteiger partial charge in [-0.25, -0.2) is 4.98 Å². The molecule has 0 radical (unpaired) electrons. The van der Waals surface area contributed by atoms with E-state index in [9.17, 15) is 0 Å². The van der Waals surface area contributed by atoms with E-state index < -0.39 is 0 Å². The van der Waals surface area contributed by atoms with Crippen molar-refractivity contribution >= 4 is 16.6 Å². The first-order valence-corrected chi connectivity index (χ1v) is 14.1. The summed E-state index contributed by atoms with van der Waals surface area (Å²) in [5.41, 5.74) is 2.81. The number of hydrogen-bond donors (Lipinski definition) is 1. The number of likely N-dealkylation sites (tertiary alicyclic amines) is 2. The van der Waals surface area contributed by atoms with E-state index in [0.717, 1.165) is 77.2 Å². The van der Waals surface area contributed by atoms with Gasteiger partial charge in [0.25, 0.3) is 0 Å². The zero-order valence-electron chi connectivity index (χ0n) is 22.3. The summed E-state index contributed by atoms with van der Waals surface area (Å²) in [6.45, 7) is 8.50. The molecule has 37 heavy (non-hydrogen) atoms. The minimum atomic E-state index is 0.444. The molecule has 0 spiro atoms. The van der Waals surface area contributed by atoms with Gasteiger partial charge in [0.05, 0.1) is 19.2 Å². The third-order valence-corrected chi connectivity index (χ3v) is 8.11. The van der Waals surface area contributed by atoms with Crippen LogP contribution in [0.4, 0.5) is 5.69 Å². The molecule has 6 rings (SSSR count). The summed E-state index contributed by atoms with van der Waals surface area (Å²) in [7, 11) is 1.71. The van der Waals surface area contributed by atoms with Crippen LogP contribution in [0.5, 0.6) is 11.5 Å². The Hall–Kier alpha value is -2.77. The van der Waals surface area contributed by atoms with Gasteiger partial charge in [0.15, 0.2) is 17.3 Å². The highest BCUT2D eigenvalue weighted by atomic mass is 16.5. The maximum Gasteiger partial charge on any atom is 0.163 e. The van der Waals surface area contributed by atoms with Gasteiger partial charge in [-0.3, -0.25) is 0 Å². The number of hydrogen-bond acceptors (Lipinski definition) is 7. The van der Waals surface area contributed by atoms with E-state index >= 15 is 0 Å². The largest absolute Gasteiger partial charge is 0.493 e. The second-order valence-corrected chi connectivity index (χ2v) is 10.9. The van der Waals surface area contributed by atoms with Crippen LogP contribution in [0.25, 0.3) is 22.4 Å². The molecule has 0 bridgehead atoms. The first kappa shape index (κ1) is 24.6. The molecule has 3 aromatic rings. The van der Waals surface area contributed by atoms with Gasteiger partial charge in [-0.05, 0) is 89.2 Å².